The van der Waals surface area contributed by atoms with Gasteiger partial charge in [-0.15, -0.1) is 0 Å². The zero-order valence-electron chi connectivity index (χ0n) is 15.0. The van der Waals surface area contributed by atoms with E-state index in [1.165, 1.54) is 6.92 Å². The van der Waals surface area contributed by atoms with Crippen molar-refractivity contribution in [1.29, 1.82) is 0 Å². The van der Waals surface area contributed by atoms with Gasteiger partial charge < -0.3 is 14.8 Å². The highest BCUT2D eigenvalue weighted by Crippen LogP contribution is 2.19. The summed E-state index contributed by atoms with van der Waals surface area (Å²) in [5, 5.41) is 2.74. The van der Waals surface area contributed by atoms with Crippen molar-refractivity contribution in [1.82, 2.24) is 0 Å². The maximum absolute atomic E-state index is 11.9. The number of aryl methyl sites for hydroxylation is 2. The van der Waals surface area contributed by atoms with Crippen molar-refractivity contribution in [2.24, 2.45) is 0 Å². The van der Waals surface area contributed by atoms with E-state index in [0.29, 0.717) is 11.3 Å². The molecule has 0 fully saturated rings. The van der Waals surface area contributed by atoms with E-state index < -0.39 is 11.9 Å². The van der Waals surface area contributed by atoms with Crippen molar-refractivity contribution in [3.05, 3.63) is 59.2 Å². The fourth-order valence-corrected chi connectivity index (χ4v) is 2.30. The summed E-state index contributed by atoms with van der Waals surface area (Å²) in [4.78, 5) is 34.8. The number of nitrogens with one attached hydrogen (secondary N) is 1. The molecule has 2 rings (SSSR count). The SMILES string of the molecule is CC(=O)c1ccc(OCC(=O)OCC(=O)Nc2c(C)cccc2C)cc1. The van der Waals surface area contributed by atoms with Gasteiger partial charge in [0.05, 0.1) is 0 Å². The monoisotopic (exact) mass is 355 g/mol. The molecular weight excluding hydrogens is 334 g/mol. The highest BCUT2D eigenvalue weighted by atomic mass is 16.6. The van der Waals surface area contributed by atoms with Gasteiger partial charge in [0.15, 0.2) is 19.0 Å². The zero-order valence-corrected chi connectivity index (χ0v) is 15.0. The van der Waals surface area contributed by atoms with Crippen molar-refractivity contribution in [2.75, 3.05) is 18.5 Å². The van der Waals surface area contributed by atoms with Gasteiger partial charge in [0, 0.05) is 11.3 Å². The molecule has 2 aromatic carbocycles. The number of ketones is 1. The second kappa shape index (κ2) is 8.80. The van der Waals surface area contributed by atoms with Crippen LogP contribution in [-0.2, 0) is 14.3 Å². The summed E-state index contributed by atoms with van der Waals surface area (Å²) in [5.74, 6) is -0.684. The molecule has 0 radical (unpaired) electrons. The van der Waals surface area contributed by atoms with Crippen molar-refractivity contribution in [3.8, 4) is 5.75 Å². The molecule has 0 atom stereocenters. The topological polar surface area (TPSA) is 81.7 Å². The summed E-state index contributed by atoms with van der Waals surface area (Å²) in [6, 6.07) is 12.1. The molecule has 6 nitrogen and oxygen atoms in total. The van der Waals surface area contributed by atoms with Crippen molar-refractivity contribution in [3.63, 3.8) is 0 Å². The minimum atomic E-state index is -0.655. The van der Waals surface area contributed by atoms with E-state index in [1.807, 2.05) is 32.0 Å². The first-order valence-electron chi connectivity index (χ1n) is 8.12. The molecule has 0 aliphatic carbocycles. The molecular formula is C20H21NO5. The summed E-state index contributed by atoms with van der Waals surface area (Å²) in [7, 11) is 0. The maximum Gasteiger partial charge on any atom is 0.344 e. The average molecular weight is 355 g/mol. The van der Waals surface area contributed by atoms with E-state index >= 15 is 0 Å². The van der Waals surface area contributed by atoms with Gasteiger partial charge in [-0.1, -0.05) is 18.2 Å². The molecule has 0 spiro atoms. The molecule has 136 valence electrons. The van der Waals surface area contributed by atoms with Gasteiger partial charge in [-0.3, -0.25) is 9.59 Å². The fourth-order valence-electron chi connectivity index (χ4n) is 2.30. The van der Waals surface area contributed by atoms with Gasteiger partial charge in [-0.2, -0.15) is 0 Å². The molecule has 2 aromatic rings. The number of para-hydroxylation sites is 1. The molecule has 26 heavy (non-hydrogen) atoms. The van der Waals surface area contributed by atoms with Gasteiger partial charge in [0.2, 0.25) is 0 Å². The maximum atomic E-state index is 11.9. The molecule has 1 amide bonds. The summed E-state index contributed by atoms with van der Waals surface area (Å²) < 4.78 is 10.2. The number of amides is 1. The van der Waals surface area contributed by atoms with Gasteiger partial charge in [0.25, 0.3) is 5.91 Å². The lowest BCUT2D eigenvalue weighted by Gasteiger charge is -2.12. The average Bonchev–Trinajstić information content (AvgIpc) is 2.61. The molecule has 0 aliphatic heterocycles. The van der Waals surface area contributed by atoms with Crippen LogP contribution in [0.2, 0.25) is 0 Å². The van der Waals surface area contributed by atoms with E-state index in [4.69, 9.17) is 9.47 Å². The van der Waals surface area contributed by atoms with Crippen LogP contribution in [0.4, 0.5) is 5.69 Å². The zero-order chi connectivity index (χ0) is 19.1. The van der Waals surface area contributed by atoms with Crippen LogP contribution in [-0.4, -0.2) is 30.9 Å². The number of carbonyl (C=O) groups excluding carboxylic acids is 3. The number of hydrogen-bond acceptors (Lipinski definition) is 5. The third kappa shape index (κ3) is 5.44. The van der Waals surface area contributed by atoms with Gasteiger partial charge in [-0.25, -0.2) is 4.79 Å². The minimum Gasteiger partial charge on any atom is -0.482 e. The molecule has 1 N–H and O–H groups in total. The summed E-state index contributed by atoms with van der Waals surface area (Å²) in [6.45, 7) is 4.53. The number of esters is 1. The number of hydrogen-bond donors (Lipinski definition) is 1. The Morgan fingerprint density at radius 3 is 2.12 bits per heavy atom. The lowest BCUT2D eigenvalue weighted by atomic mass is 10.1. The smallest absolute Gasteiger partial charge is 0.344 e. The van der Waals surface area contributed by atoms with Crippen molar-refractivity contribution in [2.45, 2.75) is 20.8 Å². The minimum absolute atomic E-state index is 0.0501. The summed E-state index contributed by atoms with van der Waals surface area (Å²) in [6.07, 6.45) is 0. The van der Waals surface area contributed by atoms with Crippen LogP contribution in [0.1, 0.15) is 28.4 Å². The predicted octanol–water partition coefficient (Wildman–Crippen LogP) is 3.07. The quantitative estimate of drug-likeness (QED) is 0.610. The number of ether oxygens (including phenoxy) is 2. The Labute approximate surface area is 152 Å². The van der Waals surface area contributed by atoms with Crippen molar-refractivity contribution < 1.29 is 23.9 Å². The van der Waals surface area contributed by atoms with E-state index in [0.717, 1.165) is 16.8 Å². The highest BCUT2D eigenvalue weighted by Gasteiger charge is 2.11. The first kappa shape index (κ1) is 19.2. The Bertz CT molecular complexity index is 791. The van der Waals surface area contributed by atoms with Crippen LogP contribution < -0.4 is 10.1 Å². The third-order valence-electron chi connectivity index (χ3n) is 3.73. The van der Waals surface area contributed by atoms with E-state index in [9.17, 15) is 14.4 Å². The van der Waals surface area contributed by atoms with E-state index in [2.05, 4.69) is 5.32 Å². The standard InChI is InChI=1S/C20H21NO5/c1-13-5-4-6-14(2)20(13)21-18(23)11-26-19(24)12-25-17-9-7-16(8-10-17)15(3)22/h4-10H,11-12H2,1-3H3,(H,21,23). The van der Waals surface area contributed by atoms with Crippen LogP contribution >= 0.6 is 0 Å². The predicted molar refractivity (Wildman–Crippen MR) is 97.4 cm³/mol. The second-order valence-corrected chi connectivity index (χ2v) is 5.84. The van der Waals surface area contributed by atoms with Gasteiger partial charge in [0.1, 0.15) is 5.75 Å². The van der Waals surface area contributed by atoms with Crippen molar-refractivity contribution >= 4 is 23.3 Å². The highest BCUT2D eigenvalue weighted by molar-refractivity contribution is 5.94. The molecule has 0 unspecified atom stereocenters. The van der Waals surface area contributed by atoms with Crippen LogP contribution in [0, 0.1) is 13.8 Å². The summed E-state index contributed by atoms with van der Waals surface area (Å²) >= 11 is 0. The van der Waals surface area contributed by atoms with E-state index in [1.54, 1.807) is 24.3 Å². The number of rotatable bonds is 7. The molecule has 6 heteroatoms. The molecule has 0 aromatic heterocycles. The fraction of sp³-hybridized carbons (Fsp3) is 0.250. The molecule has 0 saturated carbocycles. The molecule has 0 aliphatic rings. The first-order chi connectivity index (χ1) is 12.4. The first-order valence-corrected chi connectivity index (χ1v) is 8.12. The summed E-state index contributed by atoms with van der Waals surface area (Å²) in [5.41, 5.74) is 3.14. The van der Waals surface area contributed by atoms with Crippen LogP contribution in [0.5, 0.6) is 5.75 Å². The molecule has 0 bridgehead atoms. The van der Waals surface area contributed by atoms with Crippen LogP contribution in [0.25, 0.3) is 0 Å². The third-order valence-corrected chi connectivity index (χ3v) is 3.73. The van der Waals surface area contributed by atoms with E-state index in [-0.39, 0.29) is 19.0 Å². The Morgan fingerprint density at radius 2 is 1.54 bits per heavy atom. The second-order valence-electron chi connectivity index (χ2n) is 5.84. The normalized spacial score (nSPS) is 10.1. The molecule has 0 heterocycles. The lowest BCUT2D eigenvalue weighted by molar-refractivity contribution is -0.149. The Balaban J connectivity index is 1.77. The Hall–Kier alpha value is -3.15. The number of Topliss-reactive ketones (excluding diaryl/α,β-unsaturated/α-hetero) is 1. The number of anilines is 1. The largest absolute Gasteiger partial charge is 0.482 e. The van der Waals surface area contributed by atoms with Gasteiger partial charge >= 0.3 is 5.97 Å². The Kier molecular flexibility index (Phi) is 6.49. The van der Waals surface area contributed by atoms with Gasteiger partial charge in [-0.05, 0) is 56.2 Å². The van der Waals surface area contributed by atoms with Crippen LogP contribution in [0.15, 0.2) is 42.5 Å². The lowest BCUT2D eigenvalue weighted by Crippen LogP contribution is -2.24. The molecule has 0 saturated heterocycles. The number of benzene rings is 2. The van der Waals surface area contributed by atoms with Crippen LogP contribution in [0.3, 0.4) is 0 Å². The Morgan fingerprint density at radius 1 is 0.923 bits per heavy atom. The number of carbonyl (C=O) groups is 3.